The third kappa shape index (κ3) is 0.985. The van der Waals surface area contributed by atoms with Crippen LogP contribution >= 0.6 is 0 Å². The van der Waals surface area contributed by atoms with Gasteiger partial charge in [0.1, 0.15) is 12.1 Å². The van der Waals surface area contributed by atoms with E-state index in [1.165, 1.54) is 0 Å². The molecular weight excluding hydrogens is 136 g/mol. The van der Waals surface area contributed by atoms with Crippen LogP contribution in [0, 0.1) is 0 Å². The largest absolute Gasteiger partial charge is 0.457 e. The molecule has 1 aliphatic rings. The summed E-state index contributed by atoms with van der Waals surface area (Å²) in [5, 5.41) is 8.56. The van der Waals surface area contributed by atoms with Crippen molar-refractivity contribution in [2.24, 2.45) is 11.5 Å². The summed E-state index contributed by atoms with van der Waals surface area (Å²) in [6, 6.07) is -1.35. The van der Waals surface area contributed by atoms with Gasteiger partial charge >= 0.3 is 5.97 Å². The van der Waals surface area contributed by atoms with E-state index >= 15 is 0 Å². The van der Waals surface area contributed by atoms with E-state index in [-0.39, 0.29) is 6.61 Å². The zero-order chi connectivity index (χ0) is 7.72. The normalized spacial score (nSPS) is 39.9. The Labute approximate surface area is 57.9 Å². The Balaban J connectivity index is 2.61. The second kappa shape index (κ2) is 2.53. The molecule has 0 aliphatic carbocycles. The van der Waals surface area contributed by atoms with Gasteiger partial charge in [0.05, 0.1) is 12.6 Å². The summed E-state index contributed by atoms with van der Waals surface area (Å²) in [6.45, 7) is -0.263. The lowest BCUT2D eigenvalue weighted by Gasteiger charge is -2.10. The molecule has 0 bridgehead atoms. The first-order valence-electron chi connectivity index (χ1n) is 2.99. The second-order valence-corrected chi connectivity index (χ2v) is 2.26. The molecule has 0 saturated carbocycles. The van der Waals surface area contributed by atoms with E-state index in [9.17, 15) is 4.79 Å². The van der Waals surface area contributed by atoms with Crippen LogP contribution in [0.5, 0.6) is 0 Å². The molecule has 0 unspecified atom stereocenters. The molecule has 0 radical (unpaired) electrons. The van der Waals surface area contributed by atoms with Gasteiger partial charge in [-0.2, -0.15) is 0 Å². The maximum Gasteiger partial charge on any atom is 0.325 e. The number of carbonyl (C=O) groups excluding carboxylic acids is 1. The number of esters is 1. The van der Waals surface area contributed by atoms with Crippen LogP contribution in [0.2, 0.25) is 0 Å². The lowest BCUT2D eigenvalue weighted by Crippen LogP contribution is -2.46. The highest BCUT2D eigenvalue weighted by atomic mass is 16.6. The van der Waals surface area contributed by atoms with Gasteiger partial charge < -0.3 is 21.3 Å². The molecule has 1 heterocycles. The molecule has 5 N–H and O–H groups in total. The first-order valence-corrected chi connectivity index (χ1v) is 2.99. The monoisotopic (exact) mass is 146 g/mol. The molecule has 1 saturated heterocycles. The molecule has 0 aromatic heterocycles. The maximum atomic E-state index is 10.6. The molecule has 0 aromatic rings. The van der Waals surface area contributed by atoms with Crippen LogP contribution in [-0.4, -0.2) is 35.9 Å². The quantitative estimate of drug-likeness (QED) is 0.357. The molecule has 0 aromatic carbocycles. The van der Waals surface area contributed by atoms with Gasteiger partial charge in [0.2, 0.25) is 0 Å². The van der Waals surface area contributed by atoms with E-state index in [0.717, 1.165) is 0 Å². The third-order valence-corrected chi connectivity index (χ3v) is 1.56. The molecule has 0 spiro atoms. The molecule has 1 fully saturated rings. The summed E-state index contributed by atoms with van der Waals surface area (Å²) < 4.78 is 4.60. The van der Waals surface area contributed by atoms with Gasteiger partial charge in [-0.25, -0.2) is 0 Å². The summed E-state index contributed by atoms with van der Waals surface area (Å²) in [6.07, 6.45) is -0.623. The summed E-state index contributed by atoms with van der Waals surface area (Å²) in [5.74, 6) is -0.536. The number of nitrogens with two attached hydrogens (primary N) is 2. The number of hydrogen-bond donors (Lipinski definition) is 3. The van der Waals surface area contributed by atoms with E-state index in [1.807, 2.05) is 0 Å². The lowest BCUT2D eigenvalue weighted by atomic mass is 10.1. The number of cyclic esters (lactones) is 1. The van der Waals surface area contributed by atoms with Crippen molar-refractivity contribution >= 4 is 5.97 Å². The van der Waals surface area contributed by atoms with Crippen molar-refractivity contribution in [3.8, 4) is 0 Å². The van der Waals surface area contributed by atoms with Crippen LogP contribution in [0.4, 0.5) is 0 Å². The van der Waals surface area contributed by atoms with Crippen LogP contribution in [-0.2, 0) is 9.53 Å². The topological polar surface area (TPSA) is 98.6 Å². The average molecular weight is 146 g/mol. The highest BCUT2D eigenvalue weighted by Gasteiger charge is 2.39. The van der Waals surface area contributed by atoms with Crippen molar-refractivity contribution in [3.63, 3.8) is 0 Å². The first-order chi connectivity index (χ1) is 4.66. The molecule has 58 valence electrons. The molecule has 3 atom stereocenters. The van der Waals surface area contributed by atoms with Crippen LogP contribution in [0.25, 0.3) is 0 Å². The van der Waals surface area contributed by atoms with E-state index in [4.69, 9.17) is 16.6 Å². The van der Waals surface area contributed by atoms with E-state index in [0.29, 0.717) is 0 Å². The SMILES string of the molecule is N[C@H]1[C@@H](CO)OC(=O)[C@@H]1N. The lowest BCUT2D eigenvalue weighted by molar-refractivity contribution is -0.143. The zero-order valence-electron chi connectivity index (χ0n) is 5.36. The van der Waals surface area contributed by atoms with Crippen molar-refractivity contribution in [3.05, 3.63) is 0 Å². The van der Waals surface area contributed by atoms with Gasteiger partial charge in [-0.3, -0.25) is 4.79 Å². The Morgan fingerprint density at radius 1 is 1.60 bits per heavy atom. The van der Waals surface area contributed by atoms with Crippen LogP contribution in [0.1, 0.15) is 0 Å². The molecule has 10 heavy (non-hydrogen) atoms. The maximum absolute atomic E-state index is 10.6. The number of rotatable bonds is 1. The summed E-state index contributed by atoms with van der Waals surface area (Å²) in [7, 11) is 0. The van der Waals surface area contributed by atoms with Gasteiger partial charge in [0.25, 0.3) is 0 Å². The number of ether oxygens (including phenoxy) is 1. The van der Waals surface area contributed by atoms with Crippen LogP contribution in [0.15, 0.2) is 0 Å². The number of hydrogen-bond acceptors (Lipinski definition) is 5. The van der Waals surface area contributed by atoms with Gasteiger partial charge in [-0.1, -0.05) is 0 Å². The Morgan fingerprint density at radius 2 is 2.20 bits per heavy atom. The molecule has 5 nitrogen and oxygen atoms in total. The molecule has 0 amide bonds. The first kappa shape index (κ1) is 7.46. The van der Waals surface area contributed by atoms with Crippen LogP contribution < -0.4 is 11.5 Å². The summed E-state index contributed by atoms with van der Waals surface area (Å²) >= 11 is 0. The Hall–Kier alpha value is -0.650. The zero-order valence-corrected chi connectivity index (χ0v) is 5.36. The Morgan fingerprint density at radius 3 is 2.40 bits per heavy atom. The summed E-state index contributed by atoms with van der Waals surface area (Å²) in [5.41, 5.74) is 10.7. The van der Waals surface area contributed by atoms with Crippen LogP contribution in [0.3, 0.4) is 0 Å². The Bertz CT molecular complexity index is 150. The smallest absolute Gasteiger partial charge is 0.325 e. The number of aliphatic hydroxyl groups is 1. The average Bonchev–Trinajstić information content (AvgIpc) is 2.17. The Kier molecular flexibility index (Phi) is 1.89. The number of carbonyl (C=O) groups is 1. The fraction of sp³-hybridized carbons (Fsp3) is 0.800. The second-order valence-electron chi connectivity index (χ2n) is 2.26. The van der Waals surface area contributed by atoms with E-state index in [2.05, 4.69) is 4.74 Å². The van der Waals surface area contributed by atoms with Gasteiger partial charge in [0.15, 0.2) is 0 Å². The predicted octanol–water partition coefficient (Wildman–Crippen LogP) is -2.44. The van der Waals surface area contributed by atoms with Crippen molar-refractivity contribution in [1.82, 2.24) is 0 Å². The van der Waals surface area contributed by atoms with E-state index < -0.39 is 24.2 Å². The van der Waals surface area contributed by atoms with Gasteiger partial charge in [-0.05, 0) is 0 Å². The standard InChI is InChI=1S/C5H10N2O3/c6-3-2(1-8)10-5(9)4(3)7/h2-4,8H,1,6-7H2/t2-,3+,4-/m1/s1. The van der Waals surface area contributed by atoms with E-state index in [1.54, 1.807) is 0 Å². The van der Waals surface area contributed by atoms with Gasteiger partial charge in [0, 0.05) is 0 Å². The fourth-order valence-electron chi connectivity index (χ4n) is 0.854. The minimum absolute atomic E-state index is 0.263. The van der Waals surface area contributed by atoms with Crippen molar-refractivity contribution in [2.75, 3.05) is 6.61 Å². The van der Waals surface area contributed by atoms with Crippen molar-refractivity contribution in [1.29, 1.82) is 0 Å². The summed E-state index contributed by atoms with van der Waals surface area (Å²) in [4.78, 5) is 10.6. The third-order valence-electron chi connectivity index (χ3n) is 1.56. The van der Waals surface area contributed by atoms with Gasteiger partial charge in [-0.15, -0.1) is 0 Å². The minimum Gasteiger partial charge on any atom is -0.457 e. The van der Waals surface area contributed by atoms with Crippen molar-refractivity contribution < 1.29 is 14.6 Å². The predicted molar refractivity (Wildman–Crippen MR) is 32.9 cm³/mol. The molecule has 1 rings (SSSR count). The minimum atomic E-state index is -0.780. The fourth-order valence-corrected chi connectivity index (χ4v) is 0.854. The van der Waals surface area contributed by atoms with Crippen molar-refractivity contribution in [2.45, 2.75) is 18.2 Å². The number of aliphatic hydroxyl groups excluding tert-OH is 1. The molecule has 5 heteroatoms. The highest BCUT2D eigenvalue weighted by molar-refractivity contribution is 5.79. The molecular formula is C5H10N2O3. The highest BCUT2D eigenvalue weighted by Crippen LogP contribution is 2.10. The molecule has 1 aliphatic heterocycles.